The highest BCUT2D eigenvalue weighted by atomic mass is 16.1. The summed E-state index contributed by atoms with van der Waals surface area (Å²) in [6.07, 6.45) is 2.88. The topological polar surface area (TPSA) is 61.7 Å². The number of anilines is 1. The van der Waals surface area contributed by atoms with Gasteiger partial charge in [0.2, 0.25) is 5.91 Å². The molecule has 1 unspecified atom stereocenters. The Kier molecular flexibility index (Phi) is 8.11. The predicted molar refractivity (Wildman–Crippen MR) is 116 cm³/mol. The molecule has 0 fully saturated rings. The molecular weight excluding hydrogens is 350 g/mol. The van der Waals surface area contributed by atoms with Crippen molar-refractivity contribution >= 4 is 17.6 Å². The summed E-state index contributed by atoms with van der Waals surface area (Å²) in [5, 5.41) is 6.34. The molecular formula is C22H33N5O. The first-order chi connectivity index (χ1) is 13.4. The Bertz CT molecular complexity index is 796. The Labute approximate surface area is 168 Å². The molecule has 0 radical (unpaired) electrons. The number of rotatable bonds is 8. The van der Waals surface area contributed by atoms with Crippen molar-refractivity contribution in [3.05, 3.63) is 53.9 Å². The van der Waals surface area contributed by atoms with Gasteiger partial charge in [0.05, 0.1) is 13.1 Å². The number of nitrogens with zero attached hydrogens (tertiary/aromatic N) is 3. The Morgan fingerprint density at radius 2 is 2.04 bits per heavy atom. The van der Waals surface area contributed by atoms with Gasteiger partial charge in [-0.25, -0.2) is 4.99 Å². The fourth-order valence-electron chi connectivity index (χ4n) is 2.81. The lowest BCUT2D eigenvalue weighted by molar-refractivity contribution is -0.119. The molecule has 1 heterocycles. The second-order valence-corrected chi connectivity index (χ2v) is 7.14. The second-order valence-electron chi connectivity index (χ2n) is 7.14. The number of aliphatic imine (C=N–C) groups is 1. The minimum absolute atomic E-state index is 0.00759. The number of benzene rings is 1. The van der Waals surface area contributed by atoms with Crippen molar-refractivity contribution < 1.29 is 4.79 Å². The smallest absolute Gasteiger partial charge is 0.227 e. The van der Waals surface area contributed by atoms with Crippen LogP contribution in [0.3, 0.4) is 0 Å². The molecule has 28 heavy (non-hydrogen) atoms. The Morgan fingerprint density at radius 3 is 2.68 bits per heavy atom. The normalized spacial score (nSPS) is 12.5. The number of amides is 1. The zero-order valence-electron chi connectivity index (χ0n) is 17.7. The Morgan fingerprint density at radius 1 is 1.25 bits per heavy atom. The van der Waals surface area contributed by atoms with Crippen LogP contribution in [0.15, 0.2) is 47.6 Å². The predicted octanol–water partition coefficient (Wildman–Crippen LogP) is 3.61. The minimum atomic E-state index is 0.00759. The first-order valence-electron chi connectivity index (χ1n) is 9.94. The number of carbonyl (C=O) groups excluding carboxylic acids is 1. The van der Waals surface area contributed by atoms with E-state index in [1.54, 1.807) is 0 Å². The third-order valence-electron chi connectivity index (χ3n) is 4.81. The van der Waals surface area contributed by atoms with Crippen LogP contribution >= 0.6 is 0 Å². The van der Waals surface area contributed by atoms with E-state index >= 15 is 0 Å². The van der Waals surface area contributed by atoms with E-state index in [1.807, 2.05) is 64.5 Å². The monoisotopic (exact) mass is 383 g/mol. The summed E-state index contributed by atoms with van der Waals surface area (Å²) in [6, 6.07) is 12.1. The van der Waals surface area contributed by atoms with E-state index < -0.39 is 0 Å². The molecule has 6 heteroatoms. The highest BCUT2D eigenvalue weighted by Gasteiger charge is 2.11. The number of hydrogen-bond acceptors (Lipinski definition) is 2. The maximum atomic E-state index is 12.1. The van der Waals surface area contributed by atoms with Gasteiger partial charge >= 0.3 is 0 Å². The van der Waals surface area contributed by atoms with E-state index in [4.69, 9.17) is 4.99 Å². The van der Waals surface area contributed by atoms with Gasteiger partial charge in [-0.15, -0.1) is 0 Å². The van der Waals surface area contributed by atoms with Crippen molar-refractivity contribution in [2.75, 3.05) is 18.9 Å². The largest absolute Gasteiger partial charge is 0.357 e. The van der Waals surface area contributed by atoms with E-state index in [0.29, 0.717) is 6.54 Å². The van der Waals surface area contributed by atoms with Crippen molar-refractivity contribution in [3.8, 4) is 0 Å². The lowest BCUT2D eigenvalue weighted by atomic mass is 10.1. The molecule has 1 amide bonds. The van der Waals surface area contributed by atoms with E-state index in [-0.39, 0.29) is 11.8 Å². The average molecular weight is 384 g/mol. The Hall–Kier alpha value is -2.76. The quantitative estimate of drug-likeness (QED) is 0.541. The van der Waals surface area contributed by atoms with Crippen molar-refractivity contribution in [1.29, 1.82) is 0 Å². The number of nitrogens with one attached hydrogen (secondary N) is 2. The molecule has 0 aliphatic rings. The average Bonchev–Trinajstić information content (AvgIpc) is 3.09. The fourth-order valence-corrected chi connectivity index (χ4v) is 2.81. The zero-order chi connectivity index (χ0) is 20.5. The summed E-state index contributed by atoms with van der Waals surface area (Å²) in [5.74, 6) is 0.921. The van der Waals surface area contributed by atoms with Crippen LogP contribution in [0.1, 0.15) is 38.4 Å². The zero-order valence-corrected chi connectivity index (χ0v) is 17.7. The molecule has 1 atom stereocenters. The summed E-state index contributed by atoms with van der Waals surface area (Å²) >= 11 is 0. The molecule has 1 aromatic heterocycles. The van der Waals surface area contributed by atoms with Gasteiger partial charge in [-0.2, -0.15) is 0 Å². The second kappa shape index (κ2) is 10.5. The van der Waals surface area contributed by atoms with Crippen LogP contribution in [0.2, 0.25) is 0 Å². The number of carbonyl (C=O) groups is 1. The molecule has 6 nitrogen and oxygen atoms in total. The van der Waals surface area contributed by atoms with Crippen molar-refractivity contribution in [3.63, 3.8) is 0 Å². The van der Waals surface area contributed by atoms with Gasteiger partial charge in [-0.1, -0.05) is 26.0 Å². The molecule has 2 rings (SSSR count). The van der Waals surface area contributed by atoms with Crippen LogP contribution in [-0.2, 0) is 24.9 Å². The van der Waals surface area contributed by atoms with Gasteiger partial charge in [-0.3, -0.25) is 4.79 Å². The third-order valence-corrected chi connectivity index (χ3v) is 4.81. The lowest BCUT2D eigenvalue weighted by Crippen LogP contribution is -2.38. The van der Waals surface area contributed by atoms with Crippen molar-refractivity contribution in [1.82, 2.24) is 14.8 Å². The molecule has 0 aliphatic heterocycles. The van der Waals surface area contributed by atoms with Crippen LogP contribution in [0, 0.1) is 5.92 Å². The molecule has 0 spiro atoms. The molecule has 1 aromatic carbocycles. The molecule has 2 aromatic rings. The molecule has 152 valence electrons. The molecule has 0 saturated heterocycles. The number of guanidine groups is 1. The van der Waals surface area contributed by atoms with Gasteiger partial charge < -0.3 is 20.1 Å². The van der Waals surface area contributed by atoms with Crippen LogP contribution in [0.5, 0.6) is 0 Å². The van der Waals surface area contributed by atoms with E-state index in [0.717, 1.165) is 36.7 Å². The number of aromatic nitrogens is 1. The van der Waals surface area contributed by atoms with Gasteiger partial charge in [-0.05, 0) is 43.2 Å². The van der Waals surface area contributed by atoms with Gasteiger partial charge in [0.1, 0.15) is 0 Å². The Balaban J connectivity index is 2.06. The van der Waals surface area contributed by atoms with E-state index in [9.17, 15) is 4.79 Å². The summed E-state index contributed by atoms with van der Waals surface area (Å²) in [4.78, 5) is 19.0. The summed E-state index contributed by atoms with van der Waals surface area (Å²) in [6.45, 7) is 8.16. The first-order valence-corrected chi connectivity index (χ1v) is 9.94. The van der Waals surface area contributed by atoms with Crippen molar-refractivity contribution in [2.45, 2.75) is 40.3 Å². The van der Waals surface area contributed by atoms with Crippen LogP contribution in [0.4, 0.5) is 5.69 Å². The van der Waals surface area contributed by atoms with Gasteiger partial charge in [0, 0.05) is 44.1 Å². The maximum Gasteiger partial charge on any atom is 0.227 e. The van der Waals surface area contributed by atoms with Crippen LogP contribution in [-0.4, -0.2) is 34.9 Å². The molecule has 0 bridgehead atoms. The van der Waals surface area contributed by atoms with Gasteiger partial charge in [0.15, 0.2) is 5.96 Å². The minimum Gasteiger partial charge on any atom is -0.357 e. The summed E-state index contributed by atoms with van der Waals surface area (Å²) < 4.78 is 2.11. The standard InChI is InChI=1S/C22H33N5O/c1-6-17(3)21(28)25-19-11-8-10-18(14-19)15-24-22(23-7-2)27(5)16-20-12-9-13-26(20)4/h8-14,17H,6-7,15-16H2,1-5H3,(H,23,24)(H,25,28). The van der Waals surface area contributed by atoms with E-state index in [1.165, 1.54) is 5.69 Å². The highest BCUT2D eigenvalue weighted by Crippen LogP contribution is 2.14. The SMILES string of the molecule is CCNC(=NCc1cccc(NC(=O)C(C)CC)c1)N(C)Cc1cccn1C. The van der Waals surface area contributed by atoms with Gasteiger partial charge in [0.25, 0.3) is 0 Å². The molecule has 0 aliphatic carbocycles. The highest BCUT2D eigenvalue weighted by molar-refractivity contribution is 5.92. The number of hydrogen-bond donors (Lipinski definition) is 2. The molecule has 0 saturated carbocycles. The third kappa shape index (κ3) is 6.15. The summed E-state index contributed by atoms with van der Waals surface area (Å²) in [7, 11) is 4.09. The summed E-state index contributed by atoms with van der Waals surface area (Å²) in [5.41, 5.74) is 3.10. The van der Waals surface area contributed by atoms with Crippen molar-refractivity contribution in [2.24, 2.45) is 18.0 Å². The van der Waals surface area contributed by atoms with E-state index in [2.05, 4.69) is 33.1 Å². The van der Waals surface area contributed by atoms with Crippen LogP contribution in [0.25, 0.3) is 0 Å². The van der Waals surface area contributed by atoms with Crippen LogP contribution < -0.4 is 10.6 Å². The molecule has 2 N–H and O–H groups in total. The lowest BCUT2D eigenvalue weighted by Gasteiger charge is -2.22. The number of aryl methyl sites for hydroxylation is 1. The maximum absolute atomic E-state index is 12.1. The first kappa shape index (κ1) is 21.5. The fraction of sp³-hybridized carbons (Fsp3) is 0.455.